The van der Waals surface area contributed by atoms with Gasteiger partial charge >= 0.3 is 0 Å². The first kappa shape index (κ1) is 17.6. The standard InChI is InChI=1S/C21H21BrN2O/c1-24(2)20(14-23-21(25)18-11-5-6-13-19(18)22)17-12-7-9-15-8-3-4-10-16(15)17/h3-13,20H,14H2,1-2H3,(H,23,25)/t20-/m1/s1. The normalized spacial score (nSPS) is 12.3. The lowest BCUT2D eigenvalue weighted by atomic mass is 9.98. The number of nitrogens with one attached hydrogen (secondary N) is 1. The van der Waals surface area contributed by atoms with Gasteiger partial charge in [0.15, 0.2) is 0 Å². The Morgan fingerprint density at radius 1 is 1.00 bits per heavy atom. The van der Waals surface area contributed by atoms with E-state index in [-0.39, 0.29) is 11.9 Å². The maximum Gasteiger partial charge on any atom is 0.252 e. The molecular formula is C21H21BrN2O. The summed E-state index contributed by atoms with van der Waals surface area (Å²) in [4.78, 5) is 14.7. The molecule has 1 amide bonds. The third kappa shape index (κ3) is 3.91. The molecule has 0 unspecified atom stereocenters. The Morgan fingerprint density at radius 2 is 1.68 bits per heavy atom. The van der Waals surface area contributed by atoms with E-state index in [1.54, 1.807) is 0 Å². The Labute approximate surface area is 156 Å². The van der Waals surface area contributed by atoms with Crippen LogP contribution in [0.25, 0.3) is 10.8 Å². The van der Waals surface area contributed by atoms with E-state index in [0.717, 1.165) is 4.47 Å². The van der Waals surface area contributed by atoms with Gasteiger partial charge in [-0.25, -0.2) is 0 Å². The van der Waals surface area contributed by atoms with Gasteiger partial charge < -0.3 is 10.2 Å². The molecule has 0 heterocycles. The average molecular weight is 397 g/mol. The highest BCUT2D eigenvalue weighted by molar-refractivity contribution is 9.10. The van der Waals surface area contributed by atoms with Gasteiger partial charge in [0, 0.05) is 11.0 Å². The zero-order chi connectivity index (χ0) is 17.8. The van der Waals surface area contributed by atoms with Crippen molar-refractivity contribution in [1.29, 1.82) is 0 Å². The molecule has 3 rings (SSSR count). The van der Waals surface area contributed by atoms with Crippen LogP contribution < -0.4 is 5.32 Å². The van der Waals surface area contributed by atoms with E-state index >= 15 is 0 Å². The number of carbonyl (C=O) groups is 1. The molecule has 0 bridgehead atoms. The molecule has 0 aliphatic rings. The van der Waals surface area contributed by atoms with Gasteiger partial charge in [-0.2, -0.15) is 0 Å². The Balaban J connectivity index is 1.85. The zero-order valence-corrected chi connectivity index (χ0v) is 16.0. The third-order valence-electron chi connectivity index (χ3n) is 4.38. The number of likely N-dealkylation sites (N-methyl/N-ethyl adjacent to an activating group) is 1. The summed E-state index contributed by atoms with van der Waals surface area (Å²) in [5.41, 5.74) is 1.87. The Hall–Kier alpha value is -2.17. The van der Waals surface area contributed by atoms with Crippen LogP contribution in [-0.2, 0) is 0 Å². The van der Waals surface area contributed by atoms with Crippen molar-refractivity contribution in [2.45, 2.75) is 6.04 Å². The van der Waals surface area contributed by atoms with E-state index in [9.17, 15) is 4.79 Å². The largest absolute Gasteiger partial charge is 0.350 e. The predicted octanol–water partition coefficient (Wildman–Crippen LogP) is 4.64. The summed E-state index contributed by atoms with van der Waals surface area (Å²) in [6, 6.07) is 22.2. The van der Waals surface area contributed by atoms with Gasteiger partial charge in [0.2, 0.25) is 0 Å². The van der Waals surface area contributed by atoms with Crippen LogP contribution in [-0.4, -0.2) is 31.4 Å². The number of fused-ring (bicyclic) bond motifs is 1. The van der Waals surface area contributed by atoms with Crippen LogP contribution in [0.1, 0.15) is 22.0 Å². The number of benzene rings is 3. The monoisotopic (exact) mass is 396 g/mol. The van der Waals surface area contributed by atoms with Gasteiger partial charge in [-0.3, -0.25) is 4.79 Å². The minimum absolute atomic E-state index is 0.0699. The Bertz CT molecular complexity index is 886. The van der Waals surface area contributed by atoms with Crippen molar-refractivity contribution in [2.24, 2.45) is 0 Å². The summed E-state index contributed by atoms with van der Waals surface area (Å²) >= 11 is 3.44. The third-order valence-corrected chi connectivity index (χ3v) is 5.07. The van der Waals surface area contributed by atoms with Crippen LogP contribution in [0.15, 0.2) is 71.2 Å². The first-order valence-electron chi connectivity index (χ1n) is 8.24. The molecule has 25 heavy (non-hydrogen) atoms. The van der Waals surface area contributed by atoms with E-state index in [2.05, 4.69) is 62.5 Å². The molecule has 4 heteroatoms. The second kappa shape index (κ2) is 7.81. The van der Waals surface area contributed by atoms with Gasteiger partial charge in [-0.1, -0.05) is 54.6 Å². The second-order valence-electron chi connectivity index (χ2n) is 6.24. The number of carbonyl (C=O) groups excluding carboxylic acids is 1. The number of amides is 1. The van der Waals surface area contributed by atoms with E-state index in [4.69, 9.17) is 0 Å². The van der Waals surface area contributed by atoms with E-state index in [1.807, 2.05) is 44.4 Å². The average Bonchev–Trinajstić information content (AvgIpc) is 2.62. The smallest absolute Gasteiger partial charge is 0.252 e. The maximum absolute atomic E-state index is 12.5. The van der Waals surface area contributed by atoms with Crippen molar-refractivity contribution in [1.82, 2.24) is 10.2 Å². The zero-order valence-electron chi connectivity index (χ0n) is 14.4. The summed E-state index contributed by atoms with van der Waals surface area (Å²) in [5, 5.41) is 5.51. The molecule has 0 spiro atoms. The highest BCUT2D eigenvalue weighted by Gasteiger charge is 2.18. The minimum atomic E-state index is -0.0699. The molecule has 1 atom stereocenters. The van der Waals surface area contributed by atoms with Crippen LogP contribution in [0.4, 0.5) is 0 Å². The predicted molar refractivity (Wildman–Crippen MR) is 107 cm³/mol. The molecule has 0 fully saturated rings. The fourth-order valence-corrected chi connectivity index (χ4v) is 3.51. The van der Waals surface area contributed by atoms with Crippen LogP contribution in [0.5, 0.6) is 0 Å². The molecule has 0 radical (unpaired) electrons. The lowest BCUT2D eigenvalue weighted by Crippen LogP contribution is -2.34. The Kier molecular flexibility index (Phi) is 5.51. The van der Waals surface area contributed by atoms with Crippen molar-refractivity contribution >= 4 is 32.6 Å². The van der Waals surface area contributed by atoms with Gasteiger partial charge in [-0.05, 0) is 58.5 Å². The van der Waals surface area contributed by atoms with Gasteiger partial charge in [0.05, 0.1) is 11.6 Å². The van der Waals surface area contributed by atoms with Crippen molar-refractivity contribution in [3.8, 4) is 0 Å². The molecule has 1 N–H and O–H groups in total. The summed E-state index contributed by atoms with van der Waals surface area (Å²) in [6.07, 6.45) is 0. The Morgan fingerprint density at radius 3 is 2.44 bits per heavy atom. The second-order valence-corrected chi connectivity index (χ2v) is 7.09. The fourth-order valence-electron chi connectivity index (χ4n) is 3.04. The SMILES string of the molecule is CN(C)[C@H](CNC(=O)c1ccccc1Br)c1cccc2ccccc12. The highest BCUT2D eigenvalue weighted by atomic mass is 79.9. The topological polar surface area (TPSA) is 32.3 Å². The number of nitrogens with zero attached hydrogens (tertiary/aromatic N) is 1. The molecule has 0 saturated heterocycles. The van der Waals surface area contributed by atoms with Crippen molar-refractivity contribution in [3.05, 3.63) is 82.3 Å². The van der Waals surface area contributed by atoms with Crippen LogP contribution >= 0.6 is 15.9 Å². The highest BCUT2D eigenvalue weighted by Crippen LogP contribution is 2.27. The first-order chi connectivity index (χ1) is 12.1. The summed E-state index contributed by atoms with van der Waals surface area (Å²) in [5.74, 6) is -0.0699. The summed E-state index contributed by atoms with van der Waals surface area (Å²) in [7, 11) is 4.08. The molecule has 0 aromatic heterocycles. The molecule has 0 aliphatic heterocycles. The van der Waals surface area contributed by atoms with Crippen LogP contribution in [0.2, 0.25) is 0 Å². The molecule has 128 valence electrons. The van der Waals surface area contributed by atoms with Crippen molar-refractivity contribution in [2.75, 3.05) is 20.6 Å². The van der Waals surface area contributed by atoms with E-state index < -0.39 is 0 Å². The first-order valence-corrected chi connectivity index (χ1v) is 9.04. The number of hydrogen-bond acceptors (Lipinski definition) is 2. The molecule has 3 nitrogen and oxygen atoms in total. The quantitative estimate of drug-likeness (QED) is 0.681. The van der Waals surface area contributed by atoms with Gasteiger partial charge in [0.1, 0.15) is 0 Å². The molecule has 0 saturated carbocycles. The number of halogens is 1. The lowest BCUT2D eigenvalue weighted by Gasteiger charge is -2.26. The van der Waals surface area contributed by atoms with Gasteiger partial charge in [0.25, 0.3) is 5.91 Å². The molecular weight excluding hydrogens is 376 g/mol. The van der Waals surface area contributed by atoms with Crippen LogP contribution in [0.3, 0.4) is 0 Å². The maximum atomic E-state index is 12.5. The van der Waals surface area contributed by atoms with Crippen molar-refractivity contribution < 1.29 is 4.79 Å². The fraction of sp³-hybridized carbons (Fsp3) is 0.190. The molecule has 3 aromatic rings. The summed E-state index contributed by atoms with van der Waals surface area (Å²) in [6.45, 7) is 0.543. The van der Waals surface area contributed by atoms with Crippen molar-refractivity contribution in [3.63, 3.8) is 0 Å². The van der Waals surface area contributed by atoms with Gasteiger partial charge in [-0.15, -0.1) is 0 Å². The summed E-state index contributed by atoms with van der Waals surface area (Å²) < 4.78 is 0.805. The van der Waals surface area contributed by atoms with E-state index in [1.165, 1.54) is 16.3 Å². The number of rotatable bonds is 5. The lowest BCUT2D eigenvalue weighted by molar-refractivity contribution is 0.0941. The van der Waals surface area contributed by atoms with Crippen LogP contribution in [0, 0.1) is 0 Å². The number of hydrogen-bond donors (Lipinski definition) is 1. The van der Waals surface area contributed by atoms with E-state index in [0.29, 0.717) is 12.1 Å². The molecule has 0 aliphatic carbocycles. The molecule has 3 aromatic carbocycles. The minimum Gasteiger partial charge on any atom is -0.350 e.